The van der Waals surface area contributed by atoms with Gasteiger partial charge < -0.3 is 11.1 Å². The lowest BCUT2D eigenvalue weighted by Gasteiger charge is -2.28. The van der Waals surface area contributed by atoms with Gasteiger partial charge in [0.2, 0.25) is 5.91 Å². The van der Waals surface area contributed by atoms with Crippen molar-refractivity contribution in [2.24, 2.45) is 5.73 Å². The van der Waals surface area contributed by atoms with Crippen molar-refractivity contribution < 1.29 is 4.79 Å². The summed E-state index contributed by atoms with van der Waals surface area (Å²) in [4.78, 5) is 11.4. The molecule has 0 aromatic heterocycles. The first-order valence-corrected chi connectivity index (χ1v) is 5.00. The van der Waals surface area contributed by atoms with Gasteiger partial charge in [-0.05, 0) is 26.7 Å². The second-order valence-corrected chi connectivity index (χ2v) is 4.00. The van der Waals surface area contributed by atoms with Gasteiger partial charge in [-0.1, -0.05) is 13.8 Å². The third-order valence-electron chi connectivity index (χ3n) is 2.51. The summed E-state index contributed by atoms with van der Waals surface area (Å²) in [5.41, 5.74) is 5.47. The van der Waals surface area contributed by atoms with Gasteiger partial charge in [-0.2, -0.15) is 0 Å². The molecular formula is C10H22N2O. The summed E-state index contributed by atoms with van der Waals surface area (Å²) < 4.78 is 0. The van der Waals surface area contributed by atoms with E-state index in [2.05, 4.69) is 26.1 Å². The molecule has 0 heterocycles. The summed E-state index contributed by atoms with van der Waals surface area (Å²) >= 11 is 0. The molecule has 0 radical (unpaired) electrons. The quantitative estimate of drug-likeness (QED) is 0.682. The number of carbonyl (C=O) groups is 1. The molecule has 0 aliphatic carbocycles. The molecule has 0 aliphatic heterocycles. The van der Waals surface area contributed by atoms with Crippen LogP contribution >= 0.6 is 0 Å². The lowest BCUT2D eigenvalue weighted by molar-refractivity contribution is -0.123. The van der Waals surface area contributed by atoms with E-state index in [1.807, 2.05) is 6.92 Å². The Labute approximate surface area is 81.1 Å². The van der Waals surface area contributed by atoms with Crippen molar-refractivity contribution in [1.82, 2.24) is 5.32 Å². The Morgan fingerprint density at radius 3 is 2.23 bits per heavy atom. The van der Waals surface area contributed by atoms with E-state index < -0.39 is 0 Å². The molecular weight excluding hydrogens is 164 g/mol. The second kappa shape index (κ2) is 5.22. The third kappa shape index (κ3) is 4.88. The Balaban J connectivity index is 4.02. The van der Waals surface area contributed by atoms with Gasteiger partial charge in [0.25, 0.3) is 0 Å². The highest BCUT2D eigenvalue weighted by molar-refractivity contribution is 5.77. The minimum Gasteiger partial charge on any atom is -0.351 e. The van der Waals surface area contributed by atoms with E-state index in [1.165, 1.54) is 0 Å². The highest BCUT2D eigenvalue weighted by Crippen LogP contribution is 2.13. The Hall–Kier alpha value is -0.570. The number of nitrogens with two attached hydrogens (primary N) is 1. The Morgan fingerprint density at radius 1 is 1.46 bits per heavy atom. The van der Waals surface area contributed by atoms with Crippen LogP contribution in [0.3, 0.4) is 0 Å². The van der Waals surface area contributed by atoms with Gasteiger partial charge in [-0.25, -0.2) is 0 Å². The van der Waals surface area contributed by atoms with Gasteiger partial charge in [0.15, 0.2) is 0 Å². The molecule has 0 rings (SSSR count). The molecule has 0 saturated heterocycles. The normalized spacial score (nSPS) is 13.9. The predicted octanol–water partition coefficient (Wildman–Crippen LogP) is 1.42. The lowest BCUT2D eigenvalue weighted by atomic mass is 9.95. The summed E-state index contributed by atoms with van der Waals surface area (Å²) in [7, 11) is 0. The first-order chi connectivity index (χ1) is 5.93. The molecule has 0 bridgehead atoms. The van der Waals surface area contributed by atoms with Crippen LogP contribution < -0.4 is 11.1 Å². The SMILES string of the molecule is CCC(C)(CC)NC(=O)CC(C)N. The molecule has 1 unspecified atom stereocenters. The summed E-state index contributed by atoms with van der Waals surface area (Å²) in [5.74, 6) is 0.0567. The largest absolute Gasteiger partial charge is 0.351 e. The molecule has 3 N–H and O–H groups in total. The zero-order valence-electron chi connectivity index (χ0n) is 9.18. The summed E-state index contributed by atoms with van der Waals surface area (Å²) in [6.45, 7) is 8.06. The monoisotopic (exact) mass is 186 g/mol. The maximum atomic E-state index is 11.4. The maximum Gasteiger partial charge on any atom is 0.221 e. The highest BCUT2D eigenvalue weighted by Gasteiger charge is 2.21. The first-order valence-electron chi connectivity index (χ1n) is 5.00. The molecule has 0 fully saturated rings. The smallest absolute Gasteiger partial charge is 0.221 e. The Kier molecular flexibility index (Phi) is 4.99. The van der Waals surface area contributed by atoms with E-state index in [9.17, 15) is 4.79 Å². The fourth-order valence-corrected chi connectivity index (χ4v) is 1.11. The lowest BCUT2D eigenvalue weighted by Crippen LogP contribution is -2.46. The molecule has 1 atom stereocenters. The van der Waals surface area contributed by atoms with E-state index in [-0.39, 0.29) is 17.5 Å². The Bertz CT molecular complexity index is 162. The number of carbonyl (C=O) groups excluding carboxylic acids is 1. The van der Waals surface area contributed by atoms with E-state index >= 15 is 0 Å². The number of hydrogen-bond acceptors (Lipinski definition) is 2. The molecule has 3 nitrogen and oxygen atoms in total. The van der Waals surface area contributed by atoms with Crippen molar-refractivity contribution in [1.29, 1.82) is 0 Å². The van der Waals surface area contributed by atoms with Crippen LogP contribution in [0.2, 0.25) is 0 Å². The van der Waals surface area contributed by atoms with Gasteiger partial charge >= 0.3 is 0 Å². The van der Waals surface area contributed by atoms with Crippen molar-refractivity contribution in [2.45, 2.75) is 58.5 Å². The summed E-state index contributed by atoms with van der Waals surface area (Å²) in [5, 5.41) is 3.01. The fraction of sp³-hybridized carbons (Fsp3) is 0.900. The molecule has 0 aromatic carbocycles. The molecule has 0 spiro atoms. The van der Waals surface area contributed by atoms with Crippen molar-refractivity contribution in [3.8, 4) is 0 Å². The van der Waals surface area contributed by atoms with Gasteiger partial charge in [0, 0.05) is 18.0 Å². The number of rotatable bonds is 5. The number of amides is 1. The van der Waals surface area contributed by atoms with Crippen molar-refractivity contribution in [3.05, 3.63) is 0 Å². The molecule has 3 heteroatoms. The van der Waals surface area contributed by atoms with Crippen LogP contribution in [-0.4, -0.2) is 17.5 Å². The highest BCUT2D eigenvalue weighted by atomic mass is 16.1. The van der Waals surface area contributed by atoms with Gasteiger partial charge in [0.1, 0.15) is 0 Å². The minimum atomic E-state index is -0.0635. The topological polar surface area (TPSA) is 55.1 Å². The van der Waals surface area contributed by atoms with Gasteiger partial charge in [0.05, 0.1) is 0 Å². The number of hydrogen-bond donors (Lipinski definition) is 2. The molecule has 0 aliphatic rings. The Morgan fingerprint density at radius 2 is 1.92 bits per heavy atom. The van der Waals surface area contributed by atoms with Crippen molar-refractivity contribution in [2.75, 3.05) is 0 Å². The average molecular weight is 186 g/mol. The van der Waals surface area contributed by atoms with E-state index in [0.717, 1.165) is 12.8 Å². The van der Waals surface area contributed by atoms with Crippen LogP contribution in [0.15, 0.2) is 0 Å². The van der Waals surface area contributed by atoms with Gasteiger partial charge in [-0.3, -0.25) is 4.79 Å². The van der Waals surface area contributed by atoms with Crippen LogP contribution in [0.4, 0.5) is 0 Å². The van der Waals surface area contributed by atoms with Crippen LogP contribution in [-0.2, 0) is 4.79 Å². The molecule has 1 amide bonds. The van der Waals surface area contributed by atoms with Crippen molar-refractivity contribution >= 4 is 5.91 Å². The number of nitrogens with one attached hydrogen (secondary N) is 1. The molecule has 0 saturated carbocycles. The average Bonchev–Trinajstić information content (AvgIpc) is 2.02. The second-order valence-electron chi connectivity index (χ2n) is 4.00. The molecule has 78 valence electrons. The summed E-state index contributed by atoms with van der Waals surface area (Å²) in [6, 6.07) is -0.0574. The standard InChI is InChI=1S/C10H22N2O/c1-5-10(4,6-2)12-9(13)7-8(3)11/h8H,5-7,11H2,1-4H3,(H,12,13). The van der Waals surface area contributed by atoms with Crippen molar-refractivity contribution in [3.63, 3.8) is 0 Å². The van der Waals surface area contributed by atoms with E-state index in [0.29, 0.717) is 6.42 Å². The zero-order chi connectivity index (χ0) is 10.5. The predicted molar refractivity (Wildman–Crippen MR) is 55.4 cm³/mol. The van der Waals surface area contributed by atoms with Gasteiger partial charge in [-0.15, -0.1) is 0 Å². The zero-order valence-corrected chi connectivity index (χ0v) is 9.18. The first kappa shape index (κ1) is 12.4. The van der Waals surface area contributed by atoms with Crippen LogP contribution in [0.5, 0.6) is 0 Å². The van der Waals surface area contributed by atoms with Crippen LogP contribution in [0, 0.1) is 0 Å². The third-order valence-corrected chi connectivity index (χ3v) is 2.51. The van der Waals surface area contributed by atoms with Crippen LogP contribution in [0.1, 0.15) is 47.0 Å². The fourth-order valence-electron chi connectivity index (χ4n) is 1.11. The minimum absolute atomic E-state index is 0.0567. The maximum absolute atomic E-state index is 11.4. The van der Waals surface area contributed by atoms with E-state index in [1.54, 1.807) is 0 Å². The molecule has 0 aromatic rings. The molecule has 13 heavy (non-hydrogen) atoms. The summed E-state index contributed by atoms with van der Waals surface area (Å²) in [6.07, 6.45) is 2.32. The van der Waals surface area contributed by atoms with E-state index in [4.69, 9.17) is 5.73 Å². The van der Waals surface area contributed by atoms with Crippen LogP contribution in [0.25, 0.3) is 0 Å².